The number of hydrogen-bond donors (Lipinski definition) is 2. The molecule has 2 atom stereocenters. The number of hydrogen-bond acceptors (Lipinski definition) is 5. The van der Waals surface area contributed by atoms with Gasteiger partial charge in [-0.2, -0.15) is 0 Å². The number of amides is 1. The second kappa shape index (κ2) is 10.4. The van der Waals surface area contributed by atoms with Crippen LogP contribution in [0.4, 0.5) is 4.79 Å². The molecule has 0 bridgehead atoms. The summed E-state index contributed by atoms with van der Waals surface area (Å²) in [5.74, 6) is -3.75. The highest BCUT2D eigenvalue weighted by Crippen LogP contribution is 2.26. The molecule has 10 heteroatoms. The van der Waals surface area contributed by atoms with Crippen molar-refractivity contribution in [2.24, 2.45) is 5.92 Å². The number of nitrogens with one attached hydrogen (secondary N) is 1. The molecule has 0 fully saturated rings. The predicted octanol–water partition coefficient (Wildman–Crippen LogP) is 2.46. The summed E-state index contributed by atoms with van der Waals surface area (Å²) in [6.07, 6.45) is 1.46. The van der Waals surface area contributed by atoms with Crippen molar-refractivity contribution in [3.8, 4) is 0 Å². The monoisotopic (exact) mass is 387 g/mol. The van der Waals surface area contributed by atoms with Crippen LogP contribution in [0.5, 0.6) is 0 Å². The number of carboxylic acids is 1. The van der Waals surface area contributed by atoms with Gasteiger partial charge in [0.25, 0.3) is 0 Å². The van der Waals surface area contributed by atoms with Crippen LogP contribution in [0, 0.1) is 5.92 Å². The third-order valence-corrected chi connectivity index (χ3v) is 2.71. The normalized spacial score (nSPS) is 13.3. The predicted molar refractivity (Wildman–Crippen MR) is 85.7 cm³/mol. The molecule has 7 nitrogen and oxygen atoms in total. The molecule has 0 aliphatic heterocycles. The van der Waals surface area contributed by atoms with Crippen LogP contribution >= 0.6 is 34.8 Å². The molecule has 130 valence electrons. The third kappa shape index (κ3) is 9.32. The highest BCUT2D eigenvalue weighted by Gasteiger charge is 2.37. The number of carbonyl (C=O) groups is 3. The fourth-order valence-corrected chi connectivity index (χ4v) is 1.59. The first-order valence-electron chi connectivity index (χ1n) is 6.23. The minimum absolute atomic E-state index is 0.107. The molecule has 0 rings (SSSR count). The molecule has 0 saturated heterocycles. The van der Waals surface area contributed by atoms with Gasteiger partial charge in [0.05, 0.1) is 5.92 Å². The van der Waals surface area contributed by atoms with Crippen molar-refractivity contribution in [3.63, 3.8) is 0 Å². The fraction of sp³-hybridized carbons (Fsp3) is 0.462. The van der Waals surface area contributed by atoms with Gasteiger partial charge in [0.1, 0.15) is 19.3 Å². The lowest BCUT2D eigenvalue weighted by atomic mass is 9.96. The summed E-state index contributed by atoms with van der Waals surface area (Å²) in [6, 6.07) is -1.55. The van der Waals surface area contributed by atoms with E-state index >= 15 is 0 Å². The van der Waals surface area contributed by atoms with Crippen LogP contribution < -0.4 is 5.32 Å². The first-order valence-corrected chi connectivity index (χ1v) is 7.37. The number of ether oxygens (including phenoxy) is 2. The van der Waals surface area contributed by atoms with Crippen LogP contribution in [-0.4, -0.2) is 46.2 Å². The maximum atomic E-state index is 12.0. The number of alkyl halides is 3. The highest BCUT2D eigenvalue weighted by molar-refractivity contribution is 6.67. The van der Waals surface area contributed by atoms with Crippen molar-refractivity contribution in [3.05, 3.63) is 25.3 Å². The van der Waals surface area contributed by atoms with Gasteiger partial charge in [-0.15, -0.1) is 6.58 Å². The molecule has 0 radical (unpaired) electrons. The number of halogens is 3. The van der Waals surface area contributed by atoms with Crippen LogP contribution in [0.3, 0.4) is 0 Å². The SMILES string of the molecule is C=CCOC(=O)NC(C(=O)OCC(Cl)(Cl)Cl)[C@H](CC=C)C(=O)O. The number of esters is 1. The Morgan fingerprint density at radius 2 is 1.78 bits per heavy atom. The fourth-order valence-electron chi connectivity index (χ4n) is 1.43. The van der Waals surface area contributed by atoms with Crippen molar-refractivity contribution >= 4 is 52.8 Å². The van der Waals surface area contributed by atoms with Crippen molar-refractivity contribution in [2.75, 3.05) is 13.2 Å². The van der Waals surface area contributed by atoms with Gasteiger partial charge >= 0.3 is 18.0 Å². The number of allylic oxidation sites excluding steroid dienone is 1. The first kappa shape index (κ1) is 21.6. The summed E-state index contributed by atoms with van der Waals surface area (Å²) in [5, 5.41) is 11.3. The summed E-state index contributed by atoms with van der Waals surface area (Å²) >= 11 is 16.4. The van der Waals surface area contributed by atoms with E-state index in [1.54, 1.807) is 0 Å². The zero-order valence-electron chi connectivity index (χ0n) is 12.0. The van der Waals surface area contributed by atoms with Crippen molar-refractivity contribution in [1.29, 1.82) is 0 Å². The van der Waals surface area contributed by atoms with Gasteiger partial charge in [-0.05, 0) is 6.42 Å². The van der Waals surface area contributed by atoms with Gasteiger partial charge in [0.15, 0.2) is 0 Å². The van der Waals surface area contributed by atoms with Crippen molar-refractivity contribution in [1.82, 2.24) is 5.32 Å². The minimum Gasteiger partial charge on any atom is -0.481 e. The molecule has 1 unspecified atom stereocenters. The molecule has 0 aromatic carbocycles. The van der Waals surface area contributed by atoms with Gasteiger partial charge in [-0.1, -0.05) is 53.5 Å². The van der Waals surface area contributed by atoms with Gasteiger partial charge in [0, 0.05) is 0 Å². The van der Waals surface area contributed by atoms with Gasteiger partial charge < -0.3 is 19.9 Å². The topological polar surface area (TPSA) is 102 Å². The molecule has 0 aliphatic rings. The smallest absolute Gasteiger partial charge is 0.408 e. The molecule has 0 saturated carbocycles. The van der Waals surface area contributed by atoms with Crippen LogP contribution in [0.15, 0.2) is 25.3 Å². The first-order chi connectivity index (χ1) is 10.6. The Morgan fingerprint density at radius 3 is 2.22 bits per heavy atom. The maximum absolute atomic E-state index is 12.0. The van der Waals surface area contributed by atoms with Crippen LogP contribution in [0.1, 0.15) is 6.42 Å². The average molecular weight is 389 g/mol. The number of alkyl carbamates (subject to hydrolysis) is 1. The second-order valence-corrected chi connectivity index (χ2v) is 6.72. The maximum Gasteiger partial charge on any atom is 0.408 e. The summed E-state index contributed by atoms with van der Waals surface area (Å²) in [6.45, 7) is 6.01. The molecule has 2 N–H and O–H groups in total. The molecule has 0 aromatic rings. The Hall–Kier alpha value is -1.44. The Morgan fingerprint density at radius 1 is 1.17 bits per heavy atom. The van der Waals surface area contributed by atoms with Gasteiger partial charge in [-0.3, -0.25) is 4.79 Å². The van der Waals surface area contributed by atoms with E-state index in [1.807, 2.05) is 0 Å². The number of carbonyl (C=O) groups excluding carboxylic acids is 2. The van der Waals surface area contributed by atoms with Gasteiger partial charge in [-0.25, -0.2) is 9.59 Å². The molecular weight excluding hydrogens is 373 g/mol. The third-order valence-electron chi connectivity index (χ3n) is 2.38. The molecule has 1 amide bonds. The summed E-state index contributed by atoms with van der Waals surface area (Å²) in [7, 11) is 0. The quantitative estimate of drug-likeness (QED) is 0.357. The number of rotatable bonds is 9. The lowest BCUT2D eigenvalue weighted by molar-refractivity contribution is -0.154. The summed E-state index contributed by atoms with van der Waals surface area (Å²) < 4.78 is 7.51. The standard InChI is InChI=1S/C13H16Cl3NO6/c1-3-5-8(10(18)19)9(17-12(21)22-6-4-2)11(20)23-7-13(14,15)16/h3-4,8-9H,1-2,5-7H2,(H,17,21)(H,18,19)/t8-,9?/m0/s1. The van der Waals surface area contributed by atoms with Crippen molar-refractivity contribution in [2.45, 2.75) is 16.3 Å². The minimum atomic E-state index is -1.87. The average Bonchev–Trinajstić information content (AvgIpc) is 2.45. The van der Waals surface area contributed by atoms with E-state index < -0.39 is 40.4 Å². The summed E-state index contributed by atoms with van der Waals surface area (Å²) in [4.78, 5) is 34.9. The zero-order chi connectivity index (χ0) is 18.0. The number of aliphatic carboxylic acids is 1. The lowest BCUT2D eigenvalue weighted by Crippen LogP contribution is -2.49. The molecule has 0 aliphatic carbocycles. The van der Waals surface area contributed by atoms with Crippen LogP contribution in [-0.2, 0) is 19.1 Å². The Balaban J connectivity index is 5.13. The molecular formula is C13H16Cl3NO6. The van der Waals surface area contributed by atoms with Crippen LogP contribution in [0.2, 0.25) is 0 Å². The Kier molecular flexibility index (Phi) is 9.71. The lowest BCUT2D eigenvalue weighted by Gasteiger charge is -2.23. The highest BCUT2D eigenvalue weighted by atomic mass is 35.6. The molecule has 0 heterocycles. The molecule has 0 spiro atoms. The van der Waals surface area contributed by atoms with E-state index in [0.717, 1.165) is 0 Å². The molecule has 0 aromatic heterocycles. The van der Waals surface area contributed by atoms with E-state index in [4.69, 9.17) is 39.5 Å². The van der Waals surface area contributed by atoms with E-state index in [2.05, 4.69) is 23.2 Å². The Labute approximate surface area is 148 Å². The number of carboxylic acid groups (broad SMARTS) is 1. The van der Waals surface area contributed by atoms with E-state index in [9.17, 15) is 19.5 Å². The Bertz CT molecular complexity index is 463. The van der Waals surface area contributed by atoms with Crippen molar-refractivity contribution < 1.29 is 29.0 Å². The van der Waals surface area contributed by atoms with E-state index in [1.165, 1.54) is 12.2 Å². The second-order valence-electron chi connectivity index (χ2n) is 4.20. The summed E-state index contributed by atoms with van der Waals surface area (Å²) in [5.41, 5.74) is 0. The van der Waals surface area contributed by atoms with E-state index in [0.29, 0.717) is 0 Å². The molecule has 23 heavy (non-hydrogen) atoms. The van der Waals surface area contributed by atoms with E-state index in [-0.39, 0.29) is 13.0 Å². The zero-order valence-corrected chi connectivity index (χ0v) is 14.2. The van der Waals surface area contributed by atoms with Crippen LogP contribution in [0.25, 0.3) is 0 Å². The van der Waals surface area contributed by atoms with Gasteiger partial charge in [0.2, 0.25) is 3.79 Å². The largest absolute Gasteiger partial charge is 0.481 e.